The summed E-state index contributed by atoms with van der Waals surface area (Å²) in [5.41, 5.74) is 3.15. The number of aromatic nitrogens is 6. The second-order valence-corrected chi connectivity index (χ2v) is 6.80. The molecule has 134 valence electrons. The summed E-state index contributed by atoms with van der Waals surface area (Å²) in [4.78, 5) is 15.0. The van der Waals surface area contributed by atoms with Crippen LogP contribution in [0, 0.1) is 5.92 Å². The Morgan fingerprint density at radius 1 is 1.35 bits per heavy atom. The van der Waals surface area contributed by atoms with E-state index < -0.39 is 0 Å². The minimum atomic E-state index is -0.228. The highest BCUT2D eigenvalue weighted by Crippen LogP contribution is 2.37. The molecule has 9 nitrogen and oxygen atoms in total. The first-order chi connectivity index (χ1) is 12.5. The predicted molar refractivity (Wildman–Crippen MR) is 97.5 cm³/mol. The fourth-order valence-electron chi connectivity index (χ4n) is 3.39. The molecule has 0 saturated carbocycles. The molecule has 3 aromatic rings. The summed E-state index contributed by atoms with van der Waals surface area (Å²) < 4.78 is 1.71. The summed E-state index contributed by atoms with van der Waals surface area (Å²) in [5.74, 6) is 0.632. The molecular weight excluding hydrogens is 332 g/mol. The van der Waals surface area contributed by atoms with Gasteiger partial charge in [-0.25, -0.2) is 4.68 Å². The van der Waals surface area contributed by atoms with Crippen LogP contribution in [0.25, 0.3) is 10.9 Å². The number of nitrogens with zero attached hydrogens (tertiary/aromatic N) is 6. The lowest BCUT2D eigenvalue weighted by molar-refractivity contribution is -0.113. The van der Waals surface area contributed by atoms with Crippen LogP contribution in [0.3, 0.4) is 0 Å². The Labute approximate surface area is 150 Å². The highest BCUT2D eigenvalue weighted by atomic mass is 16.1. The number of carbonyl (C=O) groups excluding carboxylic acids is 1. The third-order valence-electron chi connectivity index (χ3n) is 4.80. The lowest BCUT2D eigenvalue weighted by Gasteiger charge is -2.34. The van der Waals surface area contributed by atoms with E-state index in [1.54, 1.807) is 10.9 Å². The van der Waals surface area contributed by atoms with Gasteiger partial charge in [0, 0.05) is 23.8 Å². The van der Waals surface area contributed by atoms with Crippen molar-refractivity contribution in [2.24, 2.45) is 5.92 Å². The molecule has 0 saturated heterocycles. The molecule has 0 fully saturated rings. The lowest BCUT2D eigenvalue weighted by Crippen LogP contribution is -2.37. The van der Waals surface area contributed by atoms with Gasteiger partial charge in [0.15, 0.2) is 0 Å². The summed E-state index contributed by atoms with van der Waals surface area (Å²) in [6.07, 6.45) is 1.73. The van der Waals surface area contributed by atoms with Crippen LogP contribution >= 0.6 is 0 Å². The SMILES string of the molecule is CC1=C(C(=O)Nc2ccc3[nH]ncc3c2)[C@@H](C(C)C)n2nnnc2N1C. The van der Waals surface area contributed by atoms with Crippen molar-refractivity contribution >= 4 is 28.4 Å². The first-order valence-electron chi connectivity index (χ1n) is 8.44. The molecule has 1 amide bonds. The van der Waals surface area contributed by atoms with Gasteiger partial charge in [0.05, 0.1) is 23.3 Å². The van der Waals surface area contributed by atoms with Gasteiger partial charge in [-0.3, -0.25) is 9.89 Å². The van der Waals surface area contributed by atoms with Gasteiger partial charge in [-0.1, -0.05) is 18.9 Å². The van der Waals surface area contributed by atoms with Gasteiger partial charge in [-0.2, -0.15) is 5.10 Å². The van der Waals surface area contributed by atoms with Crippen LogP contribution < -0.4 is 10.2 Å². The van der Waals surface area contributed by atoms with Crippen molar-refractivity contribution in [3.8, 4) is 0 Å². The summed E-state index contributed by atoms with van der Waals surface area (Å²) in [6, 6.07) is 5.42. The van der Waals surface area contributed by atoms with E-state index in [4.69, 9.17) is 0 Å². The van der Waals surface area contributed by atoms with Crippen LogP contribution in [0.2, 0.25) is 0 Å². The normalized spacial score (nSPS) is 17.1. The zero-order chi connectivity index (χ0) is 18.4. The highest BCUT2D eigenvalue weighted by Gasteiger charge is 2.37. The Morgan fingerprint density at radius 3 is 2.92 bits per heavy atom. The van der Waals surface area contributed by atoms with Crippen molar-refractivity contribution in [3.05, 3.63) is 35.7 Å². The Kier molecular flexibility index (Phi) is 3.71. The second-order valence-electron chi connectivity index (χ2n) is 6.80. The van der Waals surface area contributed by atoms with Crippen molar-refractivity contribution in [3.63, 3.8) is 0 Å². The van der Waals surface area contributed by atoms with E-state index in [9.17, 15) is 4.79 Å². The van der Waals surface area contributed by atoms with E-state index in [0.29, 0.717) is 11.5 Å². The summed E-state index contributed by atoms with van der Waals surface area (Å²) in [7, 11) is 1.86. The molecule has 26 heavy (non-hydrogen) atoms. The van der Waals surface area contributed by atoms with Crippen molar-refractivity contribution in [1.29, 1.82) is 0 Å². The number of benzene rings is 1. The third kappa shape index (κ3) is 2.43. The number of fused-ring (bicyclic) bond motifs is 2. The molecule has 9 heteroatoms. The van der Waals surface area contributed by atoms with E-state index in [1.807, 2.05) is 37.1 Å². The topological polar surface area (TPSA) is 105 Å². The van der Waals surface area contributed by atoms with Crippen molar-refractivity contribution in [2.45, 2.75) is 26.8 Å². The number of H-pyrrole nitrogens is 1. The van der Waals surface area contributed by atoms with Crippen molar-refractivity contribution < 1.29 is 4.79 Å². The number of allylic oxidation sites excluding steroid dienone is 1. The summed E-state index contributed by atoms with van der Waals surface area (Å²) in [5, 5.41) is 22.8. The molecule has 0 spiro atoms. The number of anilines is 2. The Hall–Kier alpha value is -3.23. The Morgan fingerprint density at radius 2 is 2.15 bits per heavy atom. The molecule has 0 unspecified atom stereocenters. The van der Waals surface area contributed by atoms with Crippen LogP contribution in [0.15, 0.2) is 35.7 Å². The number of amides is 1. The minimum Gasteiger partial charge on any atom is -0.322 e. The number of nitrogens with one attached hydrogen (secondary N) is 2. The van der Waals surface area contributed by atoms with Gasteiger partial charge >= 0.3 is 0 Å². The Bertz CT molecular complexity index is 1010. The maximum absolute atomic E-state index is 13.1. The molecular formula is C17H20N8O. The first-order valence-corrected chi connectivity index (χ1v) is 8.44. The Balaban J connectivity index is 1.71. The van der Waals surface area contributed by atoms with Gasteiger partial charge in [0.25, 0.3) is 5.91 Å². The standard InChI is InChI=1S/C17H20N8O/c1-9(2)15-14(10(3)24(4)17-21-22-23-25(15)17)16(26)19-12-5-6-13-11(7-12)8-18-20-13/h5-9,15H,1-4H3,(H,18,20)(H,19,26)/t15-/m1/s1. The molecule has 0 radical (unpaired) electrons. The largest absolute Gasteiger partial charge is 0.322 e. The van der Waals surface area contributed by atoms with E-state index in [1.165, 1.54) is 0 Å². The molecule has 1 aliphatic rings. The molecule has 4 rings (SSSR count). The lowest BCUT2D eigenvalue weighted by atomic mass is 9.92. The van der Waals surface area contributed by atoms with Crippen LogP contribution in [-0.4, -0.2) is 43.4 Å². The molecule has 2 N–H and O–H groups in total. The number of hydrogen-bond donors (Lipinski definition) is 2. The smallest absolute Gasteiger partial charge is 0.255 e. The van der Waals surface area contributed by atoms with Gasteiger partial charge in [0.1, 0.15) is 0 Å². The monoisotopic (exact) mass is 352 g/mol. The van der Waals surface area contributed by atoms with Crippen LogP contribution in [0.1, 0.15) is 26.8 Å². The van der Waals surface area contributed by atoms with Gasteiger partial charge in [0.2, 0.25) is 5.95 Å². The molecule has 1 atom stereocenters. The number of rotatable bonds is 3. The van der Waals surface area contributed by atoms with E-state index in [-0.39, 0.29) is 17.9 Å². The second kappa shape index (κ2) is 5.94. The third-order valence-corrected chi connectivity index (χ3v) is 4.80. The van der Waals surface area contributed by atoms with Crippen LogP contribution in [0.4, 0.5) is 11.6 Å². The fourth-order valence-corrected chi connectivity index (χ4v) is 3.39. The summed E-state index contributed by atoms with van der Waals surface area (Å²) in [6.45, 7) is 6.03. The van der Waals surface area contributed by atoms with Gasteiger partial charge < -0.3 is 10.2 Å². The number of hydrogen-bond acceptors (Lipinski definition) is 6. The van der Waals surface area contributed by atoms with E-state index >= 15 is 0 Å². The highest BCUT2D eigenvalue weighted by molar-refractivity contribution is 6.06. The van der Waals surface area contributed by atoms with E-state index in [2.05, 4.69) is 44.9 Å². The van der Waals surface area contributed by atoms with Gasteiger partial charge in [-0.05, 0) is 41.5 Å². The molecule has 1 aromatic carbocycles. The fraction of sp³-hybridized carbons (Fsp3) is 0.353. The van der Waals surface area contributed by atoms with Crippen molar-refractivity contribution in [2.75, 3.05) is 17.3 Å². The van der Waals surface area contributed by atoms with Crippen LogP contribution in [0.5, 0.6) is 0 Å². The van der Waals surface area contributed by atoms with Crippen LogP contribution in [-0.2, 0) is 4.79 Å². The minimum absolute atomic E-state index is 0.151. The predicted octanol–water partition coefficient (Wildman–Crippen LogP) is 2.11. The number of carbonyl (C=O) groups is 1. The molecule has 0 aliphatic carbocycles. The quantitative estimate of drug-likeness (QED) is 0.748. The van der Waals surface area contributed by atoms with E-state index in [0.717, 1.165) is 22.3 Å². The summed E-state index contributed by atoms with van der Waals surface area (Å²) >= 11 is 0. The number of tetrazole rings is 1. The average molecular weight is 352 g/mol. The molecule has 2 aromatic heterocycles. The molecule has 1 aliphatic heterocycles. The van der Waals surface area contributed by atoms with Crippen molar-refractivity contribution in [1.82, 2.24) is 30.4 Å². The molecule has 0 bridgehead atoms. The molecule has 3 heterocycles. The zero-order valence-corrected chi connectivity index (χ0v) is 15.1. The average Bonchev–Trinajstić information content (AvgIpc) is 3.25. The maximum Gasteiger partial charge on any atom is 0.255 e. The number of aromatic amines is 1. The first kappa shape index (κ1) is 16.2. The van der Waals surface area contributed by atoms with Gasteiger partial charge in [-0.15, -0.1) is 0 Å². The maximum atomic E-state index is 13.1. The zero-order valence-electron chi connectivity index (χ0n) is 15.1.